The van der Waals surface area contributed by atoms with Crippen molar-refractivity contribution in [2.45, 2.75) is 26.0 Å². The first-order valence-electron chi connectivity index (χ1n) is 10.4. The Morgan fingerprint density at radius 1 is 1.19 bits per heavy atom. The fraction of sp³-hybridized carbons (Fsp3) is 0.375. The first-order chi connectivity index (χ1) is 15.2. The number of anilines is 1. The van der Waals surface area contributed by atoms with Gasteiger partial charge in [-0.15, -0.1) is 0 Å². The van der Waals surface area contributed by atoms with Crippen LogP contribution in [0.4, 0.5) is 5.69 Å². The second-order valence-electron chi connectivity index (χ2n) is 7.98. The molecular weight excluding hydrogens is 410 g/mol. The van der Waals surface area contributed by atoms with Gasteiger partial charge in [0.1, 0.15) is 18.0 Å². The quantitative estimate of drug-likeness (QED) is 0.636. The molecule has 0 saturated heterocycles. The van der Waals surface area contributed by atoms with E-state index in [-0.39, 0.29) is 30.2 Å². The molecule has 2 unspecified atom stereocenters. The Morgan fingerprint density at radius 3 is 2.47 bits per heavy atom. The number of nitrogens with one attached hydrogen (secondary N) is 1. The molecule has 2 amide bonds. The van der Waals surface area contributed by atoms with E-state index in [1.807, 2.05) is 43.3 Å². The molecule has 1 aliphatic heterocycles. The Bertz CT molecular complexity index is 1000. The molecule has 1 N–H and O–H groups in total. The van der Waals surface area contributed by atoms with Gasteiger partial charge in [-0.25, -0.2) is 0 Å². The molecule has 8 heteroatoms. The van der Waals surface area contributed by atoms with Crippen LogP contribution >= 0.6 is 0 Å². The third-order valence-corrected chi connectivity index (χ3v) is 5.49. The van der Waals surface area contributed by atoms with E-state index >= 15 is 0 Å². The highest BCUT2D eigenvalue weighted by Gasteiger charge is 2.33. The second kappa shape index (κ2) is 9.82. The highest BCUT2D eigenvalue weighted by atomic mass is 16.5. The van der Waals surface area contributed by atoms with Gasteiger partial charge >= 0.3 is 0 Å². The van der Waals surface area contributed by atoms with Gasteiger partial charge in [0.15, 0.2) is 11.9 Å². The Kier molecular flexibility index (Phi) is 7.15. The molecular formula is C24H29N3O5. The van der Waals surface area contributed by atoms with Crippen molar-refractivity contribution in [3.05, 3.63) is 53.6 Å². The topological polar surface area (TPSA) is 88.2 Å². The zero-order valence-corrected chi connectivity index (χ0v) is 19.0. The SMILES string of the molecule is COc1ccc(C(CNC(=O)CN2C(=O)C(C)Oc3ccc(C(C)=O)cc32)N(C)C)cc1. The Balaban J connectivity index is 1.73. The molecule has 0 bridgehead atoms. The standard InChI is InChI=1S/C24H29N3O5/c1-15(28)18-8-11-22-20(12-18)27(24(30)16(2)32-22)14-23(29)25-13-21(26(3)4)17-6-9-19(31-5)10-7-17/h6-12,16,21H,13-14H2,1-5H3,(H,25,29). The molecule has 32 heavy (non-hydrogen) atoms. The molecule has 3 rings (SSSR count). The maximum atomic E-state index is 12.8. The minimum absolute atomic E-state index is 0.0548. The average molecular weight is 440 g/mol. The number of carbonyl (C=O) groups excluding carboxylic acids is 3. The van der Waals surface area contributed by atoms with Crippen LogP contribution in [0.15, 0.2) is 42.5 Å². The normalized spacial score (nSPS) is 16.2. The summed E-state index contributed by atoms with van der Waals surface area (Å²) in [6.07, 6.45) is -0.715. The van der Waals surface area contributed by atoms with Crippen LogP contribution in [0.3, 0.4) is 0 Å². The number of hydrogen-bond donors (Lipinski definition) is 1. The molecule has 0 spiro atoms. The van der Waals surface area contributed by atoms with Gasteiger partial charge in [-0.3, -0.25) is 19.3 Å². The molecule has 170 valence electrons. The Morgan fingerprint density at radius 2 is 1.88 bits per heavy atom. The third kappa shape index (κ3) is 5.08. The number of Topliss-reactive ketones (excluding diaryl/α,β-unsaturated/α-hetero) is 1. The molecule has 8 nitrogen and oxygen atoms in total. The summed E-state index contributed by atoms with van der Waals surface area (Å²) in [6.45, 7) is 3.30. The molecule has 0 aromatic heterocycles. The van der Waals surface area contributed by atoms with Crippen LogP contribution in [0.2, 0.25) is 0 Å². The molecule has 2 atom stereocenters. The van der Waals surface area contributed by atoms with Crippen molar-refractivity contribution in [1.29, 1.82) is 0 Å². The monoisotopic (exact) mass is 439 g/mol. The largest absolute Gasteiger partial charge is 0.497 e. The number of ether oxygens (including phenoxy) is 2. The average Bonchev–Trinajstić information content (AvgIpc) is 2.76. The number of methoxy groups -OCH3 is 1. The number of hydrogen-bond acceptors (Lipinski definition) is 6. The van der Waals surface area contributed by atoms with Crippen molar-refractivity contribution in [2.75, 3.05) is 39.2 Å². The molecule has 2 aromatic rings. The van der Waals surface area contributed by atoms with Gasteiger partial charge in [0.25, 0.3) is 5.91 Å². The fourth-order valence-electron chi connectivity index (χ4n) is 3.62. The van der Waals surface area contributed by atoms with Crippen molar-refractivity contribution < 1.29 is 23.9 Å². The lowest BCUT2D eigenvalue weighted by molar-refractivity contribution is -0.128. The minimum atomic E-state index is -0.715. The molecule has 0 radical (unpaired) electrons. The van der Waals surface area contributed by atoms with Crippen LogP contribution in [0, 0.1) is 0 Å². The number of amides is 2. The molecule has 1 aliphatic rings. The molecule has 0 aliphatic carbocycles. The van der Waals surface area contributed by atoms with Gasteiger partial charge in [0.05, 0.1) is 18.8 Å². The zero-order chi connectivity index (χ0) is 23.4. The molecule has 2 aromatic carbocycles. The molecule has 0 saturated carbocycles. The number of fused-ring (bicyclic) bond motifs is 1. The highest BCUT2D eigenvalue weighted by molar-refractivity contribution is 6.05. The third-order valence-electron chi connectivity index (χ3n) is 5.49. The number of ketones is 1. The van der Waals surface area contributed by atoms with Crippen LogP contribution in [0.5, 0.6) is 11.5 Å². The summed E-state index contributed by atoms with van der Waals surface area (Å²) < 4.78 is 10.9. The summed E-state index contributed by atoms with van der Waals surface area (Å²) in [6, 6.07) is 12.5. The zero-order valence-electron chi connectivity index (χ0n) is 19.0. The van der Waals surface area contributed by atoms with Gasteiger partial charge in [-0.05, 0) is 63.8 Å². The van der Waals surface area contributed by atoms with Gasteiger partial charge in [0.2, 0.25) is 5.91 Å². The van der Waals surface area contributed by atoms with Gasteiger partial charge in [-0.2, -0.15) is 0 Å². The van der Waals surface area contributed by atoms with Gasteiger partial charge < -0.3 is 19.7 Å². The first-order valence-corrected chi connectivity index (χ1v) is 10.4. The second-order valence-corrected chi connectivity index (χ2v) is 7.98. The maximum absolute atomic E-state index is 12.8. The number of nitrogens with zero attached hydrogens (tertiary/aromatic N) is 2. The van der Waals surface area contributed by atoms with Gasteiger partial charge in [-0.1, -0.05) is 12.1 Å². The predicted octanol–water partition coefficient (Wildman–Crippen LogP) is 2.43. The van der Waals surface area contributed by atoms with Crippen molar-refractivity contribution in [3.8, 4) is 11.5 Å². The lowest BCUT2D eigenvalue weighted by Gasteiger charge is -2.33. The Hall–Kier alpha value is -3.39. The molecule has 1 heterocycles. The van der Waals surface area contributed by atoms with E-state index in [1.54, 1.807) is 32.2 Å². The minimum Gasteiger partial charge on any atom is -0.497 e. The number of likely N-dealkylation sites (N-methyl/N-ethyl adjacent to an activating group) is 1. The van der Waals surface area contributed by atoms with E-state index in [2.05, 4.69) is 5.32 Å². The van der Waals surface area contributed by atoms with E-state index in [0.29, 0.717) is 23.5 Å². The molecule has 0 fully saturated rings. The first kappa shape index (κ1) is 23.3. The summed E-state index contributed by atoms with van der Waals surface area (Å²) in [5.41, 5.74) is 1.91. The Labute approximate surface area is 188 Å². The summed E-state index contributed by atoms with van der Waals surface area (Å²) in [7, 11) is 5.49. The van der Waals surface area contributed by atoms with E-state index < -0.39 is 6.10 Å². The van der Waals surface area contributed by atoms with Crippen LogP contribution in [-0.2, 0) is 9.59 Å². The van der Waals surface area contributed by atoms with Crippen molar-refractivity contribution >= 4 is 23.3 Å². The van der Waals surface area contributed by atoms with E-state index in [0.717, 1.165) is 11.3 Å². The summed E-state index contributed by atoms with van der Waals surface area (Å²) in [5.74, 6) is 0.481. The summed E-state index contributed by atoms with van der Waals surface area (Å²) in [5, 5.41) is 2.93. The van der Waals surface area contributed by atoms with E-state index in [1.165, 1.54) is 11.8 Å². The smallest absolute Gasteiger partial charge is 0.268 e. The number of benzene rings is 2. The van der Waals surface area contributed by atoms with Crippen LogP contribution in [0.1, 0.15) is 35.8 Å². The lowest BCUT2D eigenvalue weighted by atomic mass is 10.1. The highest BCUT2D eigenvalue weighted by Crippen LogP contribution is 2.35. The fourth-order valence-corrected chi connectivity index (χ4v) is 3.62. The van der Waals surface area contributed by atoms with Gasteiger partial charge in [0, 0.05) is 12.1 Å². The van der Waals surface area contributed by atoms with Crippen LogP contribution in [0.25, 0.3) is 0 Å². The van der Waals surface area contributed by atoms with Crippen molar-refractivity contribution in [3.63, 3.8) is 0 Å². The predicted molar refractivity (Wildman–Crippen MR) is 121 cm³/mol. The summed E-state index contributed by atoms with van der Waals surface area (Å²) in [4.78, 5) is 40.7. The lowest BCUT2D eigenvalue weighted by Crippen LogP contribution is -2.49. The maximum Gasteiger partial charge on any atom is 0.268 e. The number of rotatable bonds is 8. The van der Waals surface area contributed by atoms with E-state index in [4.69, 9.17) is 9.47 Å². The van der Waals surface area contributed by atoms with Crippen LogP contribution in [-0.4, -0.2) is 62.9 Å². The van der Waals surface area contributed by atoms with Crippen molar-refractivity contribution in [1.82, 2.24) is 10.2 Å². The van der Waals surface area contributed by atoms with Crippen molar-refractivity contribution in [2.24, 2.45) is 0 Å². The van der Waals surface area contributed by atoms with E-state index in [9.17, 15) is 14.4 Å². The summed E-state index contributed by atoms with van der Waals surface area (Å²) >= 11 is 0. The van der Waals surface area contributed by atoms with Crippen LogP contribution < -0.4 is 19.7 Å². The number of carbonyl (C=O) groups is 3.